The van der Waals surface area contributed by atoms with Crippen LogP contribution in [0.1, 0.15) is 37.0 Å². The second kappa shape index (κ2) is 7.93. The molecule has 1 aliphatic rings. The van der Waals surface area contributed by atoms with Gasteiger partial charge in [0.2, 0.25) is 0 Å². The first-order chi connectivity index (χ1) is 13.6. The van der Waals surface area contributed by atoms with E-state index in [4.69, 9.17) is 4.74 Å². The predicted octanol–water partition coefficient (Wildman–Crippen LogP) is 2.75. The molecule has 3 N–H and O–H groups in total. The number of carbonyl (C=O) groups is 1. The first kappa shape index (κ1) is 18.4. The van der Waals surface area contributed by atoms with Crippen molar-refractivity contribution >= 4 is 22.7 Å². The lowest BCUT2D eigenvalue weighted by Crippen LogP contribution is -2.38. The molecule has 4 rings (SSSR count). The number of H-pyrrole nitrogens is 1. The molecule has 2 aromatic heterocycles. The van der Waals surface area contributed by atoms with E-state index in [1.165, 1.54) is 0 Å². The molecule has 0 radical (unpaired) electrons. The van der Waals surface area contributed by atoms with Crippen molar-refractivity contribution in [3.8, 4) is 11.4 Å². The number of anilines is 1. The van der Waals surface area contributed by atoms with Gasteiger partial charge in [-0.25, -0.2) is 9.78 Å². The fraction of sp³-hybridized carbons (Fsp3) is 0.400. The first-order valence-electron chi connectivity index (χ1n) is 9.59. The standard InChI is InChI=1S/C20H24N6O2/c1-12(2)28-20(27)13-5-6-16-15(8-13)19(26-25-16)17-10-22-11-18(24-17)23-14-4-3-7-21-9-14/h5-6,8,10-12,14,21H,3-4,7,9H2,1-2H3,(H,23,24)(H,25,26)/t14-/m1/s1. The minimum atomic E-state index is -0.352. The Morgan fingerprint density at radius 3 is 3.00 bits per heavy atom. The number of ether oxygens (including phenoxy) is 1. The van der Waals surface area contributed by atoms with Gasteiger partial charge in [0.05, 0.1) is 29.6 Å². The van der Waals surface area contributed by atoms with Gasteiger partial charge in [-0.1, -0.05) is 0 Å². The van der Waals surface area contributed by atoms with Crippen molar-refractivity contribution in [2.75, 3.05) is 18.4 Å². The van der Waals surface area contributed by atoms with E-state index in [2.05, 4.69) is 30.8 Å². The summed E-state index contributed by atoms with van der Waals surface area (Å²) < 4.78 is 5.30. The van der Waals surface area contributed by atoms with Gasteiger partial charge in [-0.2, -0.15) is 5.10 Å². The number of esters is 1. The maximum absolute atomic E-state index is 12.2. The maximum Gasteiger partial charge on any atom is 0.338 e. The van der Waals surface area contributed by atoms with E-state index < -0.39 is 0 Å². The molecule has 1 atom stereocenters. The summed E-state index contributed by atoms with van der Waals surface area (Å²) in [4.78, 5) is 21.2. The van der Waals surface area contributed by atoms with Gasteiger partial charge in [-0.05, 0) is 51.4 Å². The zero-order valence-corrected chi connectivity index (χ0v) is 16.0. The van der Waals surface area contributed by atoms with E-state index >= 15 is 0 Å². The van der Waals surface area contributed by atoms with Crippen LogP contribution in [-0.4, -0.2) is 51.4 Å². The van der Waals surface area contributed by atoms with E-state index in [1.54, 1.807) is 24.5 Å². The highest BCUT2D eigenvalue weighted by Crippen LogP contribution is 2.26. The number of nitrogens with zero attached hydrogens (tertiary/aromatic N) is 3. The quantitative estimate of drug-likeness (QED) is 0.585. The molecular formula is C20H24N6O2. The van der Waals surface area contributed by atoms with Gasteiger partial charge < -0.3 is 15.4 Å². The molecule has 1 saturated heterocycles. The van der Waals surface area contributed by atoms with Gasteiger partial charge in [0.1, 0.15) is 17.2 Å². The summed E-state index contributed by atoms with van der Waals surface area (Å²) in [5.74, 6) is 0.369. The summed E-state index contributed by atoms with van der Waals surface area (Å²) in [7, 11) is 0. The van der Waals surface area contributed by atoms with E-state index in [0.29, 0.717) is 23.0 Å². The molecular weight excluding hydrogens is 356 g/mol. The minimum Gasteiger partial charge on any atom is -0.459 e. The average Bonchev–Trinajstić information content (AvgIpc) is 3.12. The number of hydrogen-bond acceptors (Lipinski definition) is 7. The predicted molar refractivity (Wildman–Crippen MR) is 107 cm³/mol. The van der Waals surface area contributed by atoms with Crippen LogP contribution in [0.15, 0.2) is 30.6 Å². The first-order valence-corrected chi connectivity index (χ1v) is 9.59. The third-order valence-corrected chi connectivity index (χ3v) is 4.67. The molecule has 28 heavy (non-hydrogen) atoms. The van der Waals surface area contributed by atoms with Crippen LogP contribution in [0.5, 0.6) is 0 Å². The smallest absolute Gasteiger partial charge is 0.338 e. The Labute approximate surface area is 163 Å². The molecule has 0 bridgehead atoms. The van der Waals surface area contributed by atoms with Gasteiger partial charge in [0.25, 0.3) is 0 Å². The van der Waals surface area contributed by atoms with Crippen LogP contribution < -0.4 is 10.6 Å². The molecule has 3 aromatic rings. The zero-order valence-electron chi connectivity index (χ0n) is 16.0. The van der Waals surface area contributed by atoms with Crippen molar-refractivity contribution < 1.29 is 9.53 Å². The number of hydrogen-bond donors (Lipinski definition) is 3. The third kappa shape index (κ3) is 3.96. The van der Waals surface area contributed by atoms with Crippen LogP contribution in [0.3, 0.4) is 0 Å². The minimum absolute atomic E-state index is 0.171. The van der Waals surface area contributed by atoms with Gasteiger partial charge in [-0.15, -0.1) is 0 Å². The number of aromatic nitrogens is 4. The second-order valence-corrected chi connectivity index (χ2v) is 7.26. The molecule has 1 fully saturated rings. The summed E-state index contributed by atoms with van der Waals surface area (Å²) in [5, 5.41) is 15.0. The van der Waals surface area contributed by atoms with Crippen molar-refractivity contribution in [1.29, 1.82) is 0 Å². The fourth-order valence-corrected chi connectivity index (χ4v) is 3.35. The third-order valence-electron chi connectivity index (χ3n) is 4.67. The van der Waals surface area contributed by atoms with Crippen molar-refractivity contribution in [3.05, 3.63) is 36.2 Å². The summed E-state index contributed by atoms with van der Waals surface area (Å²) in [6, 6.07) is 5.68. The van der Waals surface area contributed by atoms with E-state index in [1.807, 2.05) is 19.9 Å². The Kier molecular flexibility index (Phi) is 5.21. The molecule has 0 aliphatic carbocycles. The monoisotopic (exact) mass is 380 g/mol. The molecule has 0 spiro atoms. The van der Waals surface area contributed by atoms with Crippen LogP contribution in [0.25, 0.3) is 22.3 Å². The number of aromatic amines is 1. The van der Waals surface area contributed by atoms with Gasteiger partial charge in [0, 0.05) is 18.0 Å². The number of carbonyl (C=O) groups excluding carboxylic acids is 1. The van der Waals surface area contributed by atoms with E-state index in [0.717, 1.165) is 42.7 Å². The molecule has 0 amide bonds. The Hall–Kier alpha value is -3.00. The maximum atomic E-state index is 12.2. The van der Waals surface area contributed by atoms with Crippen LogP contribution in [0, 0.1) is 0 Å². The normalized spacial score (nSPS) is 17.0. The zero-order chi connectivity index (χ0) is 19.5. The molecule has 1 aliphatic heterocycles. The number of benzene rings is 1. The highest BCUT2D eigenvalue weighted by Gasteiger charge is 2.17. The van der Waals surface area contributed by atoms with Crippen molar-refractivity contribution in [3.63, 3.8) is 0 Å². The number of rotatable bonds is 5. The Morgan fingerprint density at radius 1 is 1.32 bits per heavy atom. The van der Waals surface area contributed by atoms with Crippen molar-refractivity contribution in [2.45, 2.75) is 38.8 Å². The summed E-state index contributed by atoms with van der Waals surface area (Å²) in [6.45, 7) is 5.63. The van der Waals surface area contributed by atoms with Gasteiger partial charge in [-0.3, -0.25) is 10.1 Å². The lowest BCUT2D eigenvalue weighted by Gasteiger charge is -2.24. The summed E-state index contributed by atoms with van der Waals surface area (Å²) >= 11 is 0. The van der Waals surface area contributed by atoms with Crippen molar-refractivity contribution in [2.24, 2.45) is 0 Å². The lowest BCUT2D eigenvalue weighted by molar-refractivity contribution is 0.0378. The van der Waals surface area contributed by atoms with E-state index in [-0.39, 0.29) is 12.1 Å². The van der Waals surface area contributed by atoms with Crippen LogP contribution in [0.4, 0.5) is 5.82 Å². The van der Waals surface area contributed by atoms with Crippen molar-refractivity contribution in [1.82, 2.24) is 25.5 Å². The highest BCUT2D eigenvalue weighted by atomic mass is 16.5. The van der Waals surface area contributed by atoms with Crippen LogP contribution in [-0.2, 0) is 4.74 Å². The Bertz CT molecular complexity index is 978. The summed E-state index contributed by atoms with van der Waals surface area (Å²) in [5.41, 5.74) is 2.62. The lowest BCUT2D eigenvalue weighted by atomic mass is 10.1. The number of nitrogens with one attached hydrogen (secondary N) is 3. The second-order valence-electron chi connectivity index (χ2n) is 7.26. The number of piperidine rings is 1. The molecule has 146 valence electrons. The Balaban J connectivity index is 1.63. The van der Waals surface area contributed by atoms with Gasteiger partial charge >= 0.3 is 5.97 Å². The highest BCUT2D eigenvalue weighted by molar-refractivity contribution is 5.99. The number of fused-ring (bicyclic) bond motifs is 1. The summed E-state index contributed by atoms with van der Waals surface area (Å²) in [6.07, 6.45) is 5.47. The Morgan fingerprint density at radius 2 is 2.21 bits per heavy atom. The van der Waals surface area contributed by atoms with Crippen LogP contribution in [0.2, 0.25) is 0 Å². The SMILES string of the molecule is CC(C)OC(=O)c1ccc2[nH]nc(-c3cncc(N[C@@H]4CCCNC4)n3)c2c1. The molecule has 3 heterocycles. The van der Waals surface area contributed by atoms with E-state index in [9.17, 15) is 4.79 Å². The van der Waals surface area contributed by atoms with Crippen LogP contribution >= 0.6 is 0 Å². The fourth-order valence-electron chi connectivity index (χ4n) is 3.35. The molecule has 0 unspecified atom stereocenters. The molecule has 0 saturated carbocycles. The molecule has 1 aromatic carbocycles. The topological polar surface area (TPSA) is 105 Å². The largest absolute Gasteiger partial charge is 0.459 e. The molecule has 8 heteroatoms. The van der Waals surface area contributed by atoms with Gasteiger partial charge in [0.15, 0.2) is 0 Å². The molecule has 8 nitrogen and oxygen atoms in total. The average molecular weight is 380 g/mol.